The van der Waals surface area contributed by atoms with Gasteiger partial charge in [-0.3, -0.25) is 10.1 Å². The van der Waals surface area contributed by atoms with E-state index in [1.54, 1.807) is 6.20 Å². The van der Waals surface area contributed by atoms with Crippen LogP contribution < -0.4 is 10.1 Å². The number of nitrogens with one attached hydrogen (secondary N) is 1. The van der Waals surface area contributed by atoms with E-state index in [0.717, 1.165) is 17.7 Å². The maximum absolute atomic E-state index is 11.1. The highest BCUT2D eigenvalue weighted by atomic mass is 79.9. The highest BCUT2D eigenvalue weighted by molar-refractivity contribution is 9.10. The minimum Gasteiger partial charge on any atom is -0.493 e. The van der Waals surface area contributed by atoms with Gasteiger partial charge in [-0.05, 0) is 22.0 Å². The Morgan fingerprint density at radius 2 is 2.24 bits per heavy atom. The second-order valence-electron chi connectivity index (χ2n) is 4.65. The number of hydrogen-bond acceptors (Lipinski definition) is 5. The van der Waals surface area contributed by atoms with Gasteiger partial charge in [0.15, 0.2) is 0 Å². The number of halogens is 1. The lowest BCUT2D eigenvalue weighted by atomic mass is 10.0. The fourth-order valence-corrected chi connectivity index (χ4v) is 2.66. The topological polar surface area (TPSA) is 77.3 Å². The van der Waals surface area contributed by atoms with E-state index in [2.05, 4.69) is 26.2 Å². The normalized spacial score (nSPS) is 16.7. The molecule has 1 N–H and O–H groups in total. The van der Waals surface area contributed by atoms with Gasteiger partial charge in [-0.2, -0.15) is 0 Å². The first kappa shape index (κ1) is 13.8. The molecule has 2 heterocycles. The van der Waals surface area contributed by atoms with Crippen molar-refractivity contribution in [2.75, 3.05) is 11.9 Å². The van der Waals surface area contributed by atoms with Crippen LogP contribution in [-0.2, 0) is 0 Å². The van der Waals surface area contributed by atoms with Crippen LogP contribution in [0.1, 0.15) is 18.0 Å². The standard InChI is InChI=1S/C14H12BrN3O3/c15-9-7-12(18(19)20)14(16-8-9)17-11-5-6-21-13-4-2-1-3-10(11)13/h1-4,7-8,11H,5-6H2,(H,16,17). The van der Waals surface area contributed by atoms with Gasteiger partial charge in [-0.1, -0.05) is 18.2 Å². The molecule has 0 saturated carbocycles. The smallest absolute Gasteiger partial charge is 0.312 e. The molecule has 0 amide bonds. The summed E-state index contributed by atoms with van der Waals surface area (Å²) in [5.74, 6) is 1.07. The Hall–Kier alpha value is -2.15. The molecule has 1 aliphatic heterocycles. The van der Waals surface area contributed by atoms with Crippen LogP contribution in [0.2, 0.25) is 0 Å². The fraction of sp³-hybridized carbons (Fsp3) is 0.214. The molecule has 0 radical (unpaired) electrons. The van der Waals surface area contributed by atoms with Crippen LogP contribution >= 0.6 is 15.9 Å². The first-order valence-corrected chi connectivity index (χ1v) is 7.22. The molecule has 1 aromatic heterocycles. The number of fused-ring (bicyclic) bond motifs is 1. The molecule has 0 saturated heterocycles. The quantitative estimate of drug-likeness (QED) is 0.675. The van der Waals surface area contributed by atoms with E-state index >= 15 is 0 Å². The molecule has 7 heteroatoms. The average molecular weight is 350 g/mol. The minimum absolute atomic E-state index is 0.0478. The SMILES string of the molecule is O=[N+]([O-])c1cc(Br)cnc1NC1CCOc2ccccc21. The molecule has 1 aromatic carbocycles. The van der Waals surface area contributed by atoms with Crippen molar-refractivity contribution >= 4 is 27.4 Å². The third kappa shape index (κ3) is 2.82. The summed E-state index contributed by atoms with van der Waals surface area (Å²) < 4.78 is 6.16. The van der Waals surface area contributed by atoms with Crippen LogP contribution in [0.3, 0.4) is 0 Å². The van der Waals surface area contributed by atoms with Crippen LogP contribution in [0.5, 0.6) is 5.75 Å². The molecule has 0 fully saturated rings. The van der Waals surface area contributed by atoms with E-state index in [-0.39, 0.29) is 17.5 Å². The first-order chi connectivity index (χ1) is 10.1. The van der Waals surface area contributed by atoms with Crippen molar-refractivity contribution in [3.8, 4) is 5.75 Å². The number of rotatable bonds is 3. The van der Waals surface area contributed by atoms with Crippen molar-refractivity contribution in [3.05, 3.63) is 56.7 Å². The molecule has 0 bridgehead atoms. The molecule has 6 nitrogen and oxygen atoms in total. The van der Waals surface area contributed by atoms with E-state index in [0.29, 0.717) is 11.1 Å². The van der Waals surface area contributed by atoms with Crippen LogP contribution in [0.25, 0.3) is 0 Å². The second-order valence-corrected chi connectivity index (χ2v) is 5.57. The molecule has 0 aliphatic carbocycles. The van der Waals surface area contributed by atoms with Gasteiger partial charge < -0.3 is 10.1 Å². The molecule has 0 spiro atoms. The lowest BCUT2D eigenvalue weighted by Crippen LogP contribution is -2.21. The van der Waals surface area contributed by atoms with Crippen molar-refractivity contribution in [3.63, 3.8) is 0 Å². The molecule has 1 unspecified atom stereocenters. The first-order valence-electron chi connectivity index (χ1n) is 6.43. The summed E-state index contributed by atoms with van der Waals surface area (Å²) in [5, 5.41) is 14.3. The molecule has 3 rings (SSSR count). The monoisotopic (exact) mass is 349 g/mol. The van der Waals surface area contributed by atoms with Crippen LogP contribution in [0, 0.1) is 10.1 Å². The third-order valence-electron chi connectivity index (χ3n) is 3.30. The zero-order chi connectivity index (χ0) is 14.8. The van der Waals surface area contributed by atoms with E-state index in [1.165, 1.54) is 6.07 Å². The highest BCUT2D eigenvalue weighted by Gasteiger charge is 2.24. The van der Waals surface area contributed by atoms with Gasteiger partial charge in [0.1, 0.15) is 5.75 Å². The number of benzene rings is 1. The maximum Gasteiger partial charge on any atom is 0.312 e. The Labute approximate surface area is 129 Å². The van der Waals surface area contributed by atoms with Crippen LogP contribution in [0.15, 0.2) is 41.0 Å². The van der Waals surface area contributed by atoms with E-state index in [9.17, 15) is 10.1 Å². The molecule has 2 aromatic rings. The Bertz CT molecular complexity index is 693. The second kappa shape index (κ2) is 5.69. The zero-order valence-corrected chi connectivity index (χ0v) is 12.5. The molecule has 1 aliphatic rings. The van der Waals surface area contributed by atoms with Gasteiger partial charge in [-0.15, -0.1) is 0 Å². The third-order valence-corrected chi connectivity index (χ3v) is 3.73. The summed E-state index contributed by atoms with van der Waals surface area (Å²) in [6, 6.07) is 9.07. The fourth-order valence-electron chi connectivity index (χ4n) is 2.34. The highest BCUT2D eigenvalue weighted by Crippen LogP contribution is 2.36. The van der Waals surface area contributed by atoms with Gasteiger partial charge in [0.05, 0.1) is 17.6 Å². The van der Waals surface area contributed by atoms with Crippen molar-refractivity contribution in [1.29, 1.82) is 0 Å². The van der Waals surface area contributed by atoms with Crippen molar-refractivity contribution in [1.82, 2.24) is 4.98 Å². The maximum atomic E-state index is 11.1. The number of nitrogens with zero attached hydrogens (tertiary/aromatic N) is 2. The lowest BCUT2D eigenvalue weighted by Gasteiger charge is -2.26. The Morgan fingerprint density at radius 3 is 3.05 bits per heavy atom. The summed E-state index contributed by atoms with van der Waals surface area (Å²) in [5.41, 5.74) is 0.941. The predicted molar refractivity (Wildman–Crippen MR) is 81.5 cm³/mol. The van der Waals surface area contributed by atoms with E-state index < -0.39 is 4.92 Å². The van der Waals surface area contributed by atoms with E-state index in [1.807, 2.05) is 24.3 Å². The number of pyridine rings is 1. The molecule has 108 valence electrons. The summed E-state index contributed by atoms with van der Waals surface area (Å²) in [7, 11) is 0. The summed E-state index contributed by atoms with van der Waals surface area (Å²) in [6.45, 7) is 0.568. The van der Waals surface area contributed by atoms with Gasteiger partial charge in [0.25, 0.3) is 0 Å². The molecule has 1 atom stereocenters. The van der Waals surface area contributed by atoms with E-state index in [4.69, 9.17) is 4.74 Å². The van der Waals surface area contributed by atoms with Crippen molar-refractivity contribution in [2.45, 2.75) is 12.5 Å². The van der Waals surface area contributed by atoms with Gasteiger partial charge in [-0.25, -0.2) is 4.98 Å². The Balaban J connectivity index is 1.93. The summed E-state index contributed by atoms with van der Waals surface area (Å²) in [4.78, 5) is 14.8. The molecular weight excluding hydrogens is 338 g/mol. The van der Waals surface area contributed by atoms with Crippen molar-refractivity contribution < 1.29 is 9.66 Å². The van der Waals surface area contributed by atoms with Gasteiger partial charge in [0, 0.05) is 28.7 Å². The number of aromatic nitrogens is 1. The number of hydrogen-bond donors (Lipinski definition) is 1. The van der Waals surface area contributed by atoms with Crippen molar-refractivity contribution in [2.24, 2.45) is 0 Å². The minimum atomic E-state index is -0.439. The summed E-state index contributed by atoms with van der Waals surface area (Å²) in [6.07, 6.45) is 2.27. The van der Waals surface area contributed by atoms with Crippen LogP contribution in [0.4, 0.5) is 11.5 Å². The zero-order valence-electron chi connectivity index (χ0n) is 11.0. The molecular formula is C14H12BrN3O3. The molecule has 21 heavy (non-hydrogen) atoms. The number of ether oxygens (including phenoxy) is 1. The lowest BCUT2D eigenvalue weighted by molar-refractivity contribution is -0.384. The Morgan fingerprint density at radius 1 is 1.43 bits per heavy atom. The predicted octanol–water partition coefficient (Wildman–Crippen LogP) is 3.69. The Kier molecular flexibility index (Phi) is 3.74. The van der Waals surface area contributed by atoms with Gasteiger partial charge >= 0.3 is 5.69 Å². The van der Waals surface area contributed by atoms with Gasteiger partial charge in [0.2, 0.25) is 5.82 Å². The largest absolute Gasteiger partial charge is 0.493 e. The number of anilines is 1. The number of nitro groups is 1. The van der Waals surface area contributed by atoms with Crippen LogP contribution in [-0.4, -0.2) is 16.5 Å². The average Bonchev–Trinajstić information content (AvgIpc) is 2.49. The number of para-hydroxylation sites is 1. The summed E-state index contributed by atoms with van der Waals surface area (Å²) >= 11 is 3.20.